The van der Waals surface area contributed by atoms with Gasteiger partial charge in [0.25, 0.3) is 0 Å². The first kappa shape index (κ1) is 14.4. The van der Waals surface area contributed by atoms with E-state index < -0.39 is 0 Å². The van der Waals surface area contributed by atoms with Crippen LogP contribution in [0.15, 0.2) is 0 Å². The summed E-state index contributed by atoms with van der Waals surface area (Å²) < 4.78 is 4.98. The molecule has 0 spiro atoms. The van der Waals surface area contributed by atoms with Crippen LogP contribution in [0, 0.1) is 0 Å². The van der Waals surface area contributed by atoms with E-state index in [2.05, 4.69) is 13.8 Å². The predicted octanol–water partition coefficient (Wildman–Crippen LogP) is 2.57. The highest BCUT2D eigenvalue weighted by atomic mass is 16.5. The molecule has 0 atom stereocenters. The van der Waals surface area contributed by atoms with Crippen LogP contribution in [0.25, 0.3) is 0 Å². The molecular formula is C10H25NO. The Kier molecular flexibility index (Phi) is 20.6. The maximum atomic E-state index is 5.21. The maximum absolute atomic E-state index is 5.21. The minimum absolute atomic E-state index is 0.855. The van der Waals surface area contributed by atoms with E-state index in [1.807, 2.05) is 6.92 Å². The molecule has 0 saturated carbocycles. The summed E-state index contributed by atoms with van der Waals surface area (Å²) in [6.07, 6.45) is 4.89. The number of unbranched alkanes of at least 4 members (excludes halogenated alkanes) is 2. The molecular weight excluding hydrogens is 150 g/mol. The summed E-state index contributed by atoms with van der Waals surface area (Å²) in [5, 5.41) is 0. The Balaban J connectivity index is 0. The fraction of sp³-hybridized carbons (Fsp3) is 1.00. The van der Waals surface area contributed by atoms with Crippen molar-refractivity contribution in [3.63, 3.8) is 0 Å². The van der Waals surface area contributed by atoms with Gasteiger partial charge in [-0.3, -0.25) is 0 Å². The van der Waals surface area contributed by atoms with Gasteiger partial charge in [0.05, 0.1) is 0 Å². The molecule has 76 valence electrons. The van der Waals surface area contributed by atoms with Gasteiger partial charge in [0, 0.05) is 13.2 Å². The first-order valence-electron chi connectivity index (χ1n) is 5.11. The number of rotatable bonds is 6. The standard InChI is InChI=1S/C5H13N.C5H12O/c1-2-3-4-5-6;1-3-5-6-4-2/h2-6H2,1H3;3-5H2,1-2H3. The summed E-state index contributed by atoms with van der Waals surface area (Å²) in [7, 11) is 0. The van der Waals surface area contributed by atoms with Crippen molar-refractivity contribution in [3.05, 3.63) is 0 Å². The molecule has 0 aliphatic carbocycles. The highest BCUT2D eigenvalue weighted by molar-refractivity contribution is 4.34. The van der Waals surface area contributed by atoms with Gasteiger partial charge in [-0.2, -0.15) is 0 Å². The molecule has 0 amide bonds. The molecule has 0 saturated heterocycles. The quantitative estimate of drug-likeness (QED) is 0.630. The van der Waals surface area contributed by atoms with Gasteiger partial charge in [-0.1, -0.05) is 26.7 Å². The molecule has 0 radical (unpaired) electrons. The lowest BCUT2D eigenvalue weighted by atomic mass is 10.3. The summed E-state index contributed by atoms with van der Waals surface area (Å²) in [4.78, 5) is 0. The molecule has 12 heavy (non-hydrogen) atoms. The van der Waals surface area contributed by atoms with Crippen molar-refractivity contribution >= 4 is 0 Å². The number of hydrogen-bond donors (Lipinski definition) is 1. The van der Waals surface area contributed by atoms with Crippen LogP contribution in [-0.4, -0.2) is 19.8 Å². The molecule has 0 aliphatic heterocycles. The Morgan fingerprint density at radius 2 is 1.67 bits per heavy atom. The molecule has 0 rings (SSSR count). The SMILES string of the molecule is CCCCCN.CCCOCC. The van der Waals surface area contributed by atoms with Crippen LogP contribution in [0.2, 0.25) is 0 Å². The molecule has 0 bridgehead atoms. The third kappa shape index (κ3) is 22.5. The van der Waals surface area contributed by atoms with Gasteiger partial charge in [-0.25, -0.2) is 0 Å². The molecule has 0 aromatic heterocycles. The van der Waals surface area contributed by atoms with Gasteiger partial charge in [0.15, 0.2) is 0 Å². The minimum Gasteiger partial charge on any atom is -0.382 e. The van der Waals surface area contributed by atoms with E-state index in [1.165, 1.54) is 19.3 Å². The van der Waals surface area contributed by atoms with Gasteiger partial charge in [-0.15, -0.1) is 0 Å². The largest absolute Gasteiger partial charge is 0.382 e. The summed E-state index contributed by atoms with van der Waals surface area (Å²) in [5.74, 6) is 0. The number of hydrogen-bond acceptors (Lipinski definition) is 2. The van der Waals surface area contributed by atoms with E-state index in [-0.39, 0.29) is 0 Å². The predicted molar refractivity (Wildman–Crippen MR) is 55.4 cm³/mol. The molecule has 0 fully saturated rings. The fourth-order valence-corrected chi connectivity index (χ4v) is 0.683. The van der Waals surface area contributed by atoms with Crippen LogP contribution in [0.3, 0.4) is 0 Å². The van der Waals surface area contributed by atoms with Crippen molar-refractivity contribution in [2.24, 2.45) is 5.73 Å². The van der Waals surface area contributed by atoms with Crippen molar-refractivity contribution in [1.29, 1.82) is 0 Å². The molecule has 2 heteroatoms. The van der Waals surface area contributed by atoms with Gasteiger partial charge >= 0.3 is 0 Å². The number of ether oxygens (including phenoxy) is 1. The van der Waals surface area contributed by atoms with Gasteiger partial charge in [0.1, 0.15) is 0 Å². The summed E-state index contributed by atoms with van der Waals surface area (Å²) in [6.45, 7) is 8.92. The molecule has 2 N–H and O–H groups in total. The van der Waals surface area contributed by atoms with Crippen molar-refractivity contribution in [3.8, 4) is 0 Å². The van der Waals surface area contributed by atoms with Gasteiger partial charge in [-0.05, 0) is 26.3 Å². The Hall–Kier alpha value is -0.0800. The smallest absolute Gasteiger partial charge is 0.0463 e. The lowest BCUT2D eigenvalue weighted by Gasteiger charge is -1.91. The van der Waals surface area contributed by atoms with Crippen molar-refractivity contribution in [2.45, 2.75) is 46.5 Å². The Morgan fingerprint density at radius 3 is 1.83 bits per heavy atom. The highest BCUT2D eigenvalue weighted by Gasteiger charge is 1.75. The minimum atomic E-state index is 0.855. The Bertz CT molecular complexity index is 41.8. The van der Waals surface area contributed by atoms with Crippen LogP contribution < -0.4 is 5.73 Å². The Labute approximate surface area is 77.5 Å². The van der Waals surface area contributed by atoms with E-state index in [0.717, 1.165) is 26.2 Å². The summed E-state index contributed by atoms with van der Waals surface area (Å²) >= 11 is 0. The van der Waals surface area contributed by atoms with Crippen molar-refractivity contribution in [1.82, 2.24) is 0 Å². The van der Waals surface area contributed by atoms with Crippen LogP contribution in [0.1, 0.15) is 46.5 Å². The van der Waals surface area contributed by atoms with Crippen LogP contribution in [0.5, 0.6) is 0 Å². The summed E-state index contributed by atoms with van der Waals surface area (Å²) in [5.41, 5.74) is 5.21. The van der Waals surface area contributed by atoms with Crippen molar-refractivity contribution in [2.75, 3.05) is 19.8 Å². The molecule has 0 aromatic rings. The van der Waals surface area contributed by atoms with E-state index in [9.17, 15) is 0 Å². The fourth-order valence-electron chi connectivity index (χ4n) is 0.683. The monoisotopic (exact) mass is 175 g/mol. The maximum Gasteiger partial charge on any atom is 0.0463 e. The normalized spacial score (nSPS) is 9.00. The molecule has 0 aromatic carbocycles. The summed E-state index contributed by atoms with van der Waals surface area (Å²) in [6, 6.07) is 0. The zero-order chi connectivity index (χ0) is 9.66. The first-order chi connectivity index (χ1) is 5.83. The van der Waals surface area contributed by atoms with E-state index >= 15 is 0 Å². The average molecular weight is 175 g/mol. The topological polar surface area (TPSA) is 35.2 Å². The zero-order valence-electron chi connectivity index (χ0n) is 8.94. The number of nitrogens with two attached hydrogens (primary N) is 1. The van der Waals surface area contributed by atoms with E-state index in [4.69, 9.17) is 10.5 Å². The lowest BCUT2D eigenvalue weighted by molar-refractivity contribution is 0.148. The van der Waals surface area contributed by atoms with Crippen LogP contribution in [-0.2, 0) is 4.74 Å². The highest BCUT2D eigenvalue weighted by Crippen LogP contribution is 1.88. The molecule has 2 nitrogen and oxygen atoms in total. The molecule has 0 aliphatic rings. The second-order valence-corrected chi connectivity index (χ2v) is 2.69. The second-order valence-electron chi connectivity index (χ2n) is 2.69. The third-order valence-electron chi connectivity index (χ3n) is 1.36. The van der Waals surface area contributed by atoms with Crippen LogP contribution >= 0.6 is 0 Å². The first-order valence-corrected chi connectivity index (χ1v) is 5.11. The lowest BCUT2D eigenvalue weighted by Crippen LogP contribution is -1.96. The van der Waals surface area contributed by atoms with E-state index in [0.29, 0.717) is 0 Å². The van der Waals surface area contributed by atoms with E-state index in [1.54, 1.807) is 0 Å². The zero-order valence-corrected chi connectivity index (χ0v) is 8.94. The van der Waals surface area contributed by atoms with Crippen molar-refractivity contribution < 1.29 is 4.74 Å². The molecule has 0 heterocycles. The average Bonchev–Trinajstić information content (AvgIpc) is 2.12. The van der Waals surface area contributed by atoms with Gasteiger partial charge < -0.3 is 10.5 Å². The van der Waals surface area contributed by atoms with Gasteiger partial charge in [0.2, 0.25) is 0 Å². The van der Waals surface area contributed by atoms with Crippen LogP contribution in [0.4, 0.5) is 0 Å². The third-order valence-corrected chi connectivity index (χ3v) is 1.36. The Morgan fingerprint density at radius 1 is 1.00 bits per heavy atom. The second kappa shape index (κ2) is 17.1. The molecule has 0 unspecified atom stereocenters.